The molecule has 63 heavy (non-hydrogen) atoms. The normalized spacial score (nSPS) is 28.6. The Morgan fingerprint density at radius 1 is 1.16 bits per heavy atom. The maximum Gasteiger partial charge on any atom is 0.409 e. The number of carbonyl (C=O) groups is 5. The molecule has 3 aliphatic rings. The molecule has 17 heteroatoms. The first kappa shape index (κ1) is 51.8. The summed E-state index contributed by atoms with van der Waals surface area (Å²) < 4.78 is 29.0. The lowest BCUT2D eigenvalue weighted by Crippen LogP contribution is -2.63. The first-order valence-electron chi connectivity index (χ1n) is 21.5. The van der Waals surface area contributed by atoms with E-state index in [0.29, 0.717) is 30.8 Å². The van der Waals surface area contributed by atoms with Crippen molar-refractivity contribution in [2.45, 2.75) is 147 Å². The number of halogens is 1. The van der Waals surface area contributed by atoms with Crippen molar-refractivity contribution in [3.05, 3.63) is 46.5 Å². The third-order valence-corrected chi connectivity index (χ3v) is 14.0. The first-order valence-corrected chi connectivity index (χ1v) is 22.9. The van der Waals surface area contributed by atoms with Gasteiger partial charge >= 0.3 is 12.1 Å². The number of hydrogen-bond acceptors (Lipinski definition) is 12. The van der Waals surface area contributed by atoms with E-state index in [9.17, 15) is 29.1 Å². The molecule has 3 heterocycles. The molecule has 0 saturated carbocycles. The number of thioether (sulfide) groups is 1. The van der Waals surface area contributed by atoms with Crippen LogP contribution in [0.4, 0.5) is 10.5 Å². The summed E-state index contributed by atoms with van der Waals surface area (Å²) in [6, 6.07) is 2.53. The molecule has 0 aromatic heterocycles. The van der Waals surface area contributed by atoms with Gasteiger partial charge in [-0.2, -0.15) is 0 Å². The van der Waals surface area contributed by atoms with Crippen molar-refractivity contribution in [2.24, 2.45) is 11.3 Å². The molecule has 15 nitrogen and oxygen atoms in total. The molecule has 0 unspecified atom stereocenters. The second kappa shape index (κ2) is 21.0. The highest BCUT2D eigenvalue weighted by molar-refractivity contribution is 8.01. The number of carbonyl (C=O) groups excluding carboxylic acids is 5. The highest BCUT2D eigenvalue weighted by atomic mass is 35.5. The molecule has 0 radical (unpaired) electrons. The van der Waals surface area contributed by atoms with Gasteiger partial charge in [-0.3, -0.25) is 19.7 Å². The summed E-state index contributed by atoms with van der Waals surface area (Å²) in [6.07, 6.45) is 2.18. The lowest BCUT2D eigenvalue weighted by atomic mass is 9.83. The fraction of sp³-hybridized carbons (Fsp3) is 0.674. The Labute approximate surface area is 382 Å². The largest absolute Gasteiger partial charge is 0.495 e. The number of likely N-dealkylation sites (N-methyl/N-ethyl adjacent to an activating group) is 1. The summed E-state index contributed by atoms with van der Waals surface area (Å²) in [4.78, 5) is 70.0. The van der Waals surface area contributed by atoms with Crippen LogP contribution < -0.4 is 20.3 Å². The van der Waals surface area contributed by atoms with Gasteiger partial charge in [0.05, 0.1) is 31.1 Å². The van der Waals surface area contributed by atoms with E-state index in [1.54, 1.807) is 52.1 Å². The molecular weight excluding hydrogens is 852 g/mol. The Morgan fingerprint density at radius 3 is 2.48 bits per heavy atom. The van der Waals surface area contributed by atoms with Gasteiger partial charge in [0, 0.05) is 51.3 Å². The molecule has 4 rings (SSSR count). The van der Waals surface area contributed by atoms with Gasteiger partial charge in [0.1, 0.15) is 40.7 Å². The van der Waals surface area contributed by atoms with Crippen LogP contribution in [-0.4, -0.2) is 127 Å². The number of ether oxygens (including phenoxy) is 5. The molecule has 0 aliphatic carbocycles. The zero-order chi connectivity index (χ0) is 47.2. The monoisotopic (exact) mass is 920 g/mol. The predicted molar refractivity (Wildman–Crippen MR) is 244 cm³/mol. The number of aliphatic hydroxyl groups is 1. The molecule has 2 saturated heterocycles. The summed E-state index contributed by atoms with van der Waals surface area (Å²) in [6.45, 7) is 17.9. The molecule has 1 aromatic rings. The van der Waals surface area contributed by atoms with Crippen LogP contribution in [0.5, 0.6) is 5.75 Å². The van der Waals surface area contributed by atoms with E-state index in [0.717, 1.165) is 17.6 Å². The number of nitrogens with zero attached hydrogens (tertiary/aromatic N) is 2. The minimum atomic E-state index is -1.85. The van der Waals surface area contributed by atoms with E-state index in [1.807, 2.05) is 26.8 Å². The van der Waals surface area contributed by atoms with Crippen molar-refractivity contribution in [2.75, 3.05) is 45.5 Å². The van der Waals surface area contributed by atoms with Crippen LogP contribution in [0.25, 0.3) is 0 Å². The van der Waals surface area contributed by atoms with Crippen molar-refractivity contribution in [1.29, 1.82) is 0 Å². The number of rotatable bonds is 13. The Balaban J connectivity index is 1.58. The highest BCUT2D eigenvalue weighted by Gasteiger charge is 2.64. The SMILES string of the molecule is COc1cc2cc(c1Cl)N(C)C(=O)C[C@H](OC(=O)[C@H](C)N(C)C(=O)CCC(C)(C)SCC(=O)NCCC(C)(C)C)[C@]1(C)O[C@H]1[C@H](C)[C@@H]1C[C@@](O)(NC(=O)O1)[C@H](OC)/C=C/C=C(\C)C2. The van der Waals surface area contributed by atoms with Crippen LogP contribution in [0, 0.1) is 11.3 Å². The standard InChI is InChI=1S/C46H69ClN4O11S/c1-27-15-14-16-34(59-13)46(57)25-33(60-42(56)49-46)28(2)40-45(9,62-40)35(24-38(54)51(11)31-22-30(21-27)23-32(58-12)39(31)47)61-41(55)29(3)50(10)37(53)17-18-44(7,8)63-26-36(52)48-20-19-43(4,5)6/h14-16,22-23,28-29,33-35,40,57H,17-21,24-26H2,1-13H3,(H,48,52)(H,49,56)/b16-14+,27-15+/t28-,29+,33+,34-,35+,40+,45+,46+/m1/s1. The average molecular weight is 922 g/mol. The molecule has 3 N–H and O–H groups in total. The van der Waals surface area contributed by atoms with Crippen molar-refractivity contribution in [3.63, 3.8) is 0 Å². The van der Waals surface area contributed by atoms with Gasteiger partial charge < -0.3 is 43.9 Å². The number of fused-ring (bicyclic) bond motifs is 5. The number of esters is 1. The Kier molecular flexibility index (Phi) is 17.3. The lowest BCUT2D eigenvalue weighted by molar-refractivity contribution is -0.162. The third kappa shape index (κ3) is 13.6. The summed E-state index contributed by atoms with van der Waals surface area (Å²) in [5.74, 6) is -1.50. The van der Waals surface area contributed by atoms with Gasteiger partial charge in [0.2, 0.25) is 17.7 Å². The fourth-order valence-electron chi connectivity index (χ4n) is 7.76. The highest BCUT2D eigenvalue weighted by Crippen LogP contribution is 2.49. The summed E-state index contributed by atoms with van der Waals surface area (Å²) >= 11 is 8.27. The minimum absolute atomic E-state index is 0.0592. The van der Waals surface area contributed by atoms with E-state index in [4.69, 9.17) is 35.3 Å². The number of anilines is 1. The van der Waals surface area contributed by atoms with Crippen LogP contribution in [0.2, 0.25) is 5.02 Å². The van der Waals surface area contributed by atoms with Crippen LogP contribution >= 0.6 is 23.4 Å². The van der Waals surface area contributed by atoms with Crippen molar-refractivity contribution < 1.29 is 52.8 Å². The zero-order valence-corrected chi connectivity index (χ0v) is 40.8. The number of benzene rings is 1. The molecule has 352 valence electrons. The summed E-state index contributed by atoms with van der Waals surface area (Å²) in [7, 11) is 6.01. The van der Waals surface area contributed by atoms with Crippen LogP contribution in [-0.2, 0) is 44.5 Å². The number of alkyl carbamates (subject to hydrolysis) is 1. The second-order valence-corrected chi connectivity index (χ2v) is 21.2. The molecule has 4 bridgehead atoms. The van der Waals surface area contributed by atoms with Crippen LogP contribution in [0.15, 0.2) is 35.9 Å². The van der Waals surface area contributed by atoms with Gasteiger partial charge in [-0.25, -0.2) is 9.59 Å². The Morgan fingerprint density at radius 2 is 1.84 bits per heavy atom. The van der Waals surface area contributed by atoms with Gasteiger partial charge in [0.15, 0.2) is 5.72 Å². The first-order chi connectivity index (χ1) is 29.2. The van der Waals surface area contributed by atoms with Crippen LogP contribution in [0.1, 0.15) is 100.0 Å². The van der Waals surface area contributed by atoms with Gasteiger partial charge in [-0.1, -0.05) is 76.9 Å². The maximum atomic E-state index is 14.3. The number of methoxy groups -OCH3 is 2. The summed E-state index contributed by atoms with van der Waals surface area (Å²) in [5, 5.41) is 17.5. The average Bonchev–Trinajstić information content (AvgIpc) is 3.90. The number of hydrogen-bond donors (Lipinski definition) is 3. The quantitative estimate of drug-likeness (QED) is 0.147. The number of amides is 4. The molecule has 2 fully saturated rings. The number of epoxide rings is 1. The van der Waals surface area contributed by atoms with E-state index in [-0.39, 0.29) is 47.3 Å². The van der Waals surface area contributed by atoms with Crippen LogP contribution in [0.3, 0.4) is 0 Å². The van der Waals surface area contributed by atoms with Crippen molar-refractivity contribution in [1.82, 2.24) is 15.5 Å². The van der Waals surface area contributed by atoms with E-state index >= 15 is 0 Å². The van der Waals surface area contributed by atoms with Gasteiger partial charge in [0.25, 0.3) is 0 Å². The lowest BCUT2D eigenvalue weighted by Gasteiger charge is -2.42. The van der Waals surface area contributed by atoms with Gasteiger partial charge in [-0.05, 0) is 63.1 Å². The molecule has 4 amide bonds. The summed E-state index contributed by atoms with van der Waals surface area (Å²) in [5.41, 5.74) is -0.898. The second-order valence-electron chi connectivity index (χ2n) is 19.1. The minimum Gasteiger partial charge on any atom is -0.495 e. The Hall–Kier alpha value is -3.83. The van der Waals surface area contributed by atoms with Crippen molar-refractivity contribution >= 4 is 58.8 Å². The van der Waals surface area contributed by atoms with E-state index in [2.05, 4.69) is 31.4 Å². The zero-order valence-electron chi connectivity index (χ0n) is 39.2. The number of allylic oxidation sites excluding steroid dienone is 3. The Bertz CT molecular complexity index is 1920. The van der Waals surface area contributed by atoms with E-state index < -0.39 is 70.4 Å². The van der Waals surface area contributed by atoms with Gasteiger partial charge in [-0.15, -0.1) is 11.8 Å². The molecule has 0 spiro atoms. The van der Waals surface area contributed by atoms with E-state index in [1.165, 1.54) is 42.8 Å². The number of nitrogens with one attached hydrogen (secondary N) is 2. The van der Waals surface area contributed by atoms with Crippen molar-refractivity contribution in [3.8, 4) is 5.75 Å². The molecule has 1 aromatic carbocycles. The molecular formula is C46H69ClN4O11S. The topological polar surface area (TPSA) is 186 Å². The molecule has 8 atom stereocenters. The molecule has 3 aliphatic heterocycles. The fourth-order valence-corrected chi connectivity index (χ4v) is 8.95. The smallest absolute Gasteiger partial charge is 0.409 e. The third-order valence-electron chi connectivity index (χ3n) is 12.3. The maximum absolute atomic E-state index is 14.3. The predicted octanol–water partition coefficient (Wildman–Crippen LogP) is 6.36.